The van der Waals surface area contributed by atoms with E-state index in [4.69, 9.17) is 0 Å². The number of amides is 1. The van der Waals surface area contributed by atoms with Crippen LogP contribution in [0.2, 0.25) is 0 Å². The summed E-state index contributed by atoms with van der Waals surface area (Å²) in [6.45, 7) is 0. The van der Waals surface area contributed by atoms with Crippen LogP contribution < -0.4 is 10.2 Å². The molecule has 3 heteroatoms. The van der Waals surface area contributed by atoms with Gasteiger partial charge < -0.3 is 10.2 Å². The first kappa shape index (κ1) is 13.3. The Kier molecular flexibility index (Phi) is 3.46. The summed E-state index contributed by atoms with van der Waals surface area (Å²) in [4.78, 5) is 14.2. The van der Waals surface area contributed by atoms with Gasteiger partial charge in [0.05, 0.1) is 18.1 Å². The molecule has 2 aliphatic heterocycles. The molecule has 4 rings (SSSR count). The summed E-state index contributed by atoms with van der Waals surface area (Å²) < 4.78 is 0. The Morgan fingerprint density at radius 2 is 1.62 bits per heavy atom. The first-order valence-corrected chi connectivity index (χ1v) is 8.54. The molecule has 2 N–H and O–H groups in total. The van der Waals surface area contributed by atoms with Crippen LogP contribution in [-0.4, -0.2) is 30.1 Å². The predicted octanol–water partition coefficient (Wildman–Crippen LogP) is 1.55. The van der Waals surface area contributed by atoms with Gasteiger partial charge in [0.25, 0.3) is 5.91 Å². The number of nitrogens with one attached hydrogen (secondary N) is 2. The molecule has 3 fully saturated rings. The zero-order valence-electron chi connectivity index (χ0n) is 12.6. The van der Waals surface area contributed by atoms with Crippen molar-refractivity contribution in [3.05, 3.63) is 35.9 Å². The van der Waals surface area contributed by atoms with Gasteiger partial charge in [0.1, 0.15) is 0 Å². The Morgan fingerprint density at radius 1 is 0.952 bits per heavy atom. The van der Waals surface area contributed by atoms with Crippen LogP contribution in [0.15, 0.2) is 30.3 Å². The van der Waals surface area contributed by atoms with Gasteiger partial charge in [-0.25, -0.2) is 0 Å². The SMILES string of the molecule is O=C(NC1C[C@H]2CCC[C@H](C1)[NH+]2C1CC1)c1ccccc1. The average molecular weight is 285 g/mol. The van der Waals surface area contributed by atoms with Crippen LogP contribution in [0.4, 0.5) is 0 Å². The van der Waals surface area contributed by atoms with E-state index in [-0.39, 0.29) is 5.91 Å². The van der Waals surface area contributed by atoms with Crippen molar-refractivity contribution in [3.8, 4) is 0 Å². The lowest BCUT2D eigenvalue weighted by atomic mass is 9.81. The minimum Gasteiger partial charge on any atom is -0.349 e. The second-order valence-corrected chi connectivity index (χ2v) is 7.11. The molecule has 1 aromatic carbocycles. The number of carbonyl (C=O) groups excluding carboxylic acids is 1. The molecule has 112 valence electrons. The summed E-state index contributed by atoms with van der Waals surface area (Å²) >= 11 is 0. The normalized spacial score (nSPS) is 35.2. The van der Waals surface area contributed by atoms with Gasteiger partial charge in [-0.15, -0.1) is 0 Å². The summed E-state index contributed by atoms with van der Waals surface area (Å²) in [5.74, 6) is 0.105. The molecule has 2 atom stereocenters. The number of hydrogen-bond acceptors (Lipinski definition) is 1. The summed E-state index contributed by atoms with van der Waals surface area (Å²) in [7, 11) is 0. The molecular weight excluding hydrogens is 260 g/mol. The molecule has 0 unspecified atom stereocenters. The highest BCUT2D eigenvalue weighted by molar-refractivity contribution is 5.94. The molecule has 21 heavy (non-hydrogen) atoms. The molecule has 1 aliphatic carbocycles. The number of piperidine rings is 2. The Balaban J connectivity index is 1.42. The molecule has 1 amide bonds. The Morgan fingerprint density at radius 3 is 2.24 bits per heavy atom. The van der Waals surface area contributed by atoms with Gasteiger partial charge in [0.2, 0.25) is 0 Å². The zero-order chi connectivity index (χ0) is 14.2. The second-order valence-electron chi connectivity index (χ2n) is 7.11. The van der Waals surface area contributed by atoms with Gasteiger partial charge >= 0.3 is 0 Å². The molecule has 0 aromatic heterocycles. The van der Waals surface area contributed by atoms with E-state index in [1.54, 1.807) is 0 Å². The molecule has 2 heterocycles. The van der Waals surface area contributed by atoms with Gasteiger partial charge in [-0.2, -0.15) is 0 Å². The van der Waals surface area contributed by atoms with Gasteiger partial charge in [-0.1, -0.05) is 18.2 Å². The smallest absolute Gasteiger partial charge is 0.251 e. The molecular formula is C18H25N2O+. The standard InChI is InChI=1S/C18H24N2O/c21-18(13-5-2-1-3-6-13)19-14-11-16-7-4-8-17(12-14)20(16)15-9-10-15/h1-3,5-6,14-17H,4,7-12H2,(H,19,21)/p+1/t16-,17-/m1/s1. The van der Waals surface area contributed by atoms with E-state index in [0.29, 0.717) is 6.04 Å². The third kappa shape index (κ3) is 2.71. The topological polar surface area (TPSA) is 33.5 Å². The fourth-order valence-electron chi connectivity index (χ4n) is 4.63. The third-order valence-electron chi connectivity index (χ3n) is 5.61. The molecule has 0 radical (unpaired) electrons. The lowest BCUT2D eigenvalue weighted by Crippen LogP contribution is -3.22. The number of rotatable bonds is 3. The van der Waals surface area contributed by atoms with E-state index in [1.165, 1.54) is 44.9 Å². The number of carbonyl (C=O) groups is 1. The molecule has 2 bridgehead atoms. The summed E-state index contributed by atoms with van der Waals surface area (Å²) in [5, 5.41) is 3.29. The number of quaternary nitrogens is 1. The lowest BCUT2D eigenvalue weighted by Gasteiger charge is -2.46. The van der Waals surface area contributed by atoms with E-state index in [0.717, 1.165) is 23.7 Å². The average Bonchev–Trinajstić information content (AvgIpc) is 3.32. The van der Waals surface area contributed by atoms with Crippen molar-refractivity contribution >= 4 is 5.91 Å². The van der Waals surface area contributed by atoms with Crippen molar-refractivity contribution < 1.29 is 9.69 Å². The van der Waals surface area contributed by atoms with Crippen molar-refractivity contribution in [2.75, 3.05) is 0 Å². The quantitative estimate of drug-likeness (QED) is 0.868. The maximum absolute atomic E-state index is 12.3. The molecule has 1 aromatic rings. The van der Waals surface area contributed by atoms with E-state index >= 15 is 0 Å². The van der Waals surface area contributed by atoms with Crippen molar-refractivity contribution in [2.45, 2.75) is 69.1 Å². The summed E-state index contributed by atoms with van der Waals surface area (Å²) in [6.07, 6.45) is 9.35. The van der Waals surface area contributed by atoms with E-state index in [1.807, 2.05) is 35.2 Å². The lowest BCUT2D eigenvalue weighted by molar-refractivity contribution is -0.971. The van der Waals surface area contributed by atoms with Gasteiger partial charge in [0.15, 0.2) is 0 Å². The third-order valence-corrected chi connectivity index (χ3v) is 5.61. The predicted molar refractivity (Wildman–Crippen MR) is 82.3 cm³/mol. The fourth-order valence-corrected chi connectivity index (χ4v) is 4.63. The van der Waals surface area contributed by atoms with Crippen LogP contribution in [0.25, 0.3) is 0 Å². The molecule has 1 saturated carbocycles. The summed E-state index contributed by atoms with van der Waals surface area (Å²) in [6, 6.07) is 12.6. The first-order chi connectivity index (χ1) is 10.3. The maximum atomic E-state index is 12.3. The second kappa shape index (κ2) is 5.45. The van der Waals surface area contributed by atoms with Crippen LogP contribution in [0, 0.1) is 0 Å². The molecule has 0 spiro atoms. The minimum atomic E-state index is 0.105. The van der Waals surface area contributed by atoms with Crippen LogP contribution in [0.3, 0.4) is 0 Å². The van der Waals surface area contributed by atoms with E-state index in [2.05, 4.69) is 5.32 Å². The van der Waals surface area contributed by atoms with E-state index < -0.39 is 0 Å². The van der Waals surface area contributed by atoms with Crippen molar-refractivity contribution in [1.29, 1.82) is 0 Å². The highest BCUT2D eigenvalue weighted by Gasteiger charge is 2.48. The number of fused-ring (bicyclic) bond motifs is 2. The van der Waals surface area contributed by atoms with Crippen molar-refractivity contribution in [1.82, 2.24) is 5.32 Å². The van der Waals surface area contributed by atoms with Gasteiger partial charge in [0, 0.05) is 37.3 Å². The van der Waals surface area contributed by atoms with Crippen molar-refractivity contribution in [2.24, 2.45) is 0 Å². The minimum absolute atomic E-state index is 0.105. The van der Waals surface area contributed by atoms with Crippen molar-refractivity contribution in [3.63, 3.8) is 0 Å². The molecule has 3 aliphatic rings. The zero-order valence-corrected chi connectivity index (χ0v) is 12.6. The fraction of sp³-hybridized carbons (Fsp3) is 0.611. The van der Waals surface area contributed by atoms with Crippen LogP contribution >= 0.6 is 0 Å². The van der Waals surface area contributed by atoms with Crippen LogP contribution in [0.1, 0.15) is 55.3 Å². The van der Waals surface area contributed by atoms with E-state index in [9.17, 15) is 4.79 Å². The highest BCUT2D eigenvalue weighted by Crippen LogP contribution is 2.27. The number of benzene rings is 1. The van der Waals surface area contributed by atoms with Crippen LogP contribution in [-0.2, 0) is 0 Å². The Hall–Kier alpha value is -1.35. The van der Waals surface area contributed by atoms with Gasteiger partial charge in [-0.05, 0) is 31.4 Å². The Bertz CT molecular complexity index is 497. The largest absolute Gasteiger partial charge is 0.349 e. The number of hydrogen-bond donors (Lipinski definition) is 2. The highest BCUT2D eigenvalue weighted by atomic mass is 16.1. The molecule has 2 saturated heterocycles. The Labute approximate surface area is 126 Å². The van der Waals surface area contributed by atoms with Crippen LogP contribution in [0.5, 0.6) is 0 Å². The first-order valence-electron chi connectivity index (χ1n) is 8.54. The summed E-state index contributed by atoms with van der Waals surface area (Å²) in [5.41, 5.74) is 0.791. The van der Waals surface area contributed by atoms with Gasteiger partial charge in [-0.3, -0.25) is 4.79 Å². The molecule has 3 nitrogen and oxygen atoms in total. The monoisotopic (exact) mass is 285 g/mol. The maximum Gasteiger partial charge on any atom is 0.251 e.